The first-order chi connectivity index (χ1) is 16.9. The van der Waals surface area contributed by atoms with Gasteiger partial charge in [-0.25, -0.2) is 9.37 Å². The van der Waals surface area contributed by atoms with E-state index in [4.69, 9.17) is 16.3 Å². The molecular weight excluding hydrogens is 471 g/mol. The molecule has 4 aromatic rings. The van der Waals surface area contributed by atoms with Crippen LogP contribution in [0.15, 0.2) is 85.6 Å². The number of amides is 1. The van der Waals surface area contributed by atoms with Crippen LogP contribution in [-0.2, 0) is 4.79 Å². The van der Waals surface area contributed by atoms with E-state index in [-0.39, 0.29) is 22.8 Å². The molecule has 2 N–H and O–H groups in total. The number of nitrogens with one attached hydrogen (secondary N) is 2. The first-order valence-electron chi connectivity index (χ1n) is 10.3. The lowest BCUT2D eigenvalue weighted by molar-refractivity contribution is -0.111. The number of benzene rings is 3. The zero-order valence-electron chi connectivity index (χ0n) is 18.2. The minimum absolute atomic E-state index is 0.0980. The second-order valence-corrected chi connectivity index (χ2v) is 7.63. The Morgan fingerprint density at radius 3 is 2.66 bits per heavy atom. The zero-order valence-corrected chi connectivity index (χ0v) is 18.9. The maximum absolute atomic E-state index is 13.8. The summed E-state index contributed by atoms with van der Waals surface area (Å²) in [6.07, 6.45) is 3.23. The number of halogens is 2. The van der Waals surface area contributed by atoms with Crippen molar-refractivity contribution in [2.45, 2.75) is 0 Å². The lowest BCUT2D eigenvalue weighted by atomic mass is 10.00. The summed E-state index contributed by atoms with van der Waals surface area (Å²) < 4.78 is 19.6. The van der Waals surface area contributed by atoms with E-state index >= 15 is 0 Å². The van der Waals surface area contributed by atoms with Crippen LogP contribution < -0.4 is 15.4 Å². The van der Waals surface area contributed by atoms with Gasteiger partial charge in [-0.3, -0.25) is 9.59 Å². The van der Waals surface area contributed by atoms with Gasteiger partial charge in [0.15, 0.2) is 6.29 Å². The zero-order chi connectivity index (χ0) is 24.8. The molecule has 4 rings (SSSR count). The van der Waals surface area contributed by atoms with Gasteiger partial charge in [0.2, 0.25) is 17.7 Å². The molecule has 0 spiro atoms. The third-order valence-electron chi connectivity index (χ3n) is 4.79. The summed E-state index contributed by atoms with van der Waals surface area (Å²) in [4.78, 5) is 31.4. The molecule has 35 heavy (non-hydrogen) atoms. The Morgan fingerprint density at radius 2 is 1.86 bits per heavy atom. The van der Waals surface area contributed by atoms with Crippen molar-refractivity contribution >= 4 is 41.1 Å². The molecule has 0 fully saturated rings. The molecule has 0 aliphatic rings. The summed E-state index contributed by atoms with van der Waals surface area (Å²) in [7, 11) is 0. The smallest absolute Gasteiger partial charge is 0.247 e. The van der Waals surface area contributed by atoms with Gasteiger partial charge in [-0.15, -0.1) is 0 Å². The van der Waals surface area contributed by atoms with E-state index in [0.29, 0.717) is 40.1 Å². The molecule has 0 saturated carbocycles. The topological polar surface area (TPSA) is 93.2 Å². The molecule has 0 atom stereocenters. The average Bonchev–Trinajstić information content (AvgIpc) is 2.86. The minimum Gasteiger partial charge on any atom is -0.437 e. The lowest BCUT2D eigenvalue weighted by Crippen LogP contribution is -2.07. The van der Waals surface area contributed by atoms with Crippen LogP contribution in [0.5, 0.6) is 11.6 Å². The third-order valence-corrected chi connectivity index (χ3v) is 5.04. The van der Waals surface area contributed by atoms with E-state index in [1.54, 1.807) is 48.5 Å². The fourth-order valence-electron chi connectivity index (χ4n) is 3.20. The number of anilines is 3. The van der Waals surface area contributed by atoms with Gasteiger partial charge in [-0.2, -0.15) is 4.98 Å². The Hall–Kier alpha value is -4.56. The maximum Gasteiger partial charge on any atom is 0.247 e. The highest BCUT2D eigenvalue weighted by molar-refractivity contribution is 6.31. The standard InChI is InChI=1S/C26H18ClFN4O3/c1-2-24(34)30-20-7-4-8-21(13-20)35-25-23(27)14-29-26(32-25)31-19-6-3-5-16(11-19)22-12-18(28)10-9-17(22)15-33/h2-15H,1H2,(H,30,34)(H,29,31,32). The summed E-state index contributed by atoms with van der Waals surface area (Å²) in [6.45, 7) is 3.42. The van der Waals surface area contributed by atoms with Crippen LogP contribution in [-0.4, -0.2) is 22.2 Å². The third kappa shape index (κ3) is 5.87. The molecule has 0 saturated heterocycles. The fraction of sp³-hybridized carbons (Fsp3) is 0. The van der Waals surface area contributed by atoms with Crippen molar-refractivity contribution in [3.63, 3.8) is 0 Å². The van der Waals surface area contributed by atoms with Crippen LogP contribution in [0.3, 0.4) is 0 Å². The molecule has 0 aliphatic heterocycles. The number of rotatable bonds is 8. The first kappa shape index (κ1) is 23.6. The molecule has 7 nitrogen and oxygen atoms in total. The van der Waals surface area contributed by atoms with Gasteiger partial charge in [0, 0.05) is 23.0 Å². The second-order valence-electron chi connectivity index (χ2n) is 7.23. The molecule has 1 amide bonds. The van der Waals surface area contributed by atoms with Crippen LogP contribution in [0, 0.1) is 5.82 Å². The number of carbonyl (C=O) groups excluding carboxylic acids is 2. The van der Waals surface area contributed by atoms with Gasteiger partial charge < -0.3 is 15.4 Å². The van der Waals surface area contributed by atoms with Crippen molar-refractivity contribution in [2.75, 3.05) is 10.6 Å². The summed E-state index contributed by atoms with van der Waals surface area (Å²) in [5, 5.41) is 5.88. The van der Waals surface area contributed by atoms with Crippen LogP contribution >= 0.6 is 11.6 Å². The Balaban J connectivity index is 1.57. The van der Waals surface area contributed by atoms with E-state index in [9.17, 15) is 14.0 Å². The van der Waals surface area contributed by atoms with Crippen molar-refractivity contribution in [1.82, 2.24) is 9.97 Å². The number of hydrogen-bond donors (Lipinski definition) is 2. The molecule has 3 aromatic carbocycles. The Morgan fingerprint density at radius 1 is 1.06 bits per heavy atom. The summed E-state index contributed by atoms with van der Waals surface area (Å²) in [6, 6.07) is 17.7. The molecule has 0 bridgehead atoms. The van der Waals surface area contributed by atoms with Crippen molar-refractivity contribution < 1.29 is 18.7 Å². The first-order valence-corrected chi connectivity index (χ1v) is 10.7. The molecule has 9 heteroatoms. The van der Waals surface area contributed by atoms with Crippen LogP contribution in [0.25, 0.3) is 11.1 Å². The highest BCUT2D eigenvalue weighted by Gasteiger charge is 2.11. The Kier molecular flexibility index (Phi) is 7.13. The fourth-order valence-corrected chi connectivity index (χ4v) is 3.33. The highest BCUT2D eigenvalue weighted by atomic mass is 35.5. The largest absolute Gasteiger partial charge is 0.437 e. The van der Waals surface area contributed by atoms with Crippen molar-refractivity contribution in [1.29, 1.82) is 0 Å². The number of aldehydes is 1. The van der Waals surface area contributed by atoms with E-state index in [1.807, 2.05) is 0 Å². The molecule has 0 unspecified atom stereocenters. The van der Waals surface area contributed by atoms with Gasteiger partial charge in [0.25, 0.3) is 0 Å². The quantitative estimate of drug-likeness (QED) is 0.220. The Labute approximate surface area is 205 Å². The van der Waals surface area contributed by atoms with Crippen LogP contribution in [0.2, 0.25) is 5.02 Å². The monoisotopic (exact) mass is 488 g/mol. The average molecular weight is 489 g/mol. The van der Waals surface area contributed by atoms with Gasteiger partial charge in [0.05, 0.1) is 6.20 Å². The molecule has 1 heterocycles. The highest BCUT2D eigenvalue weighted by Crippen LogP contribution is 2.31. The van der Waals surface area contributed by atoms with E-state index < -0.39 is 5.82 Å². The summed E-state index contributed by atoms with van der Waals surface area (Å²) >= 11 is 6.22. The van der Waals surface area contributed by atoms with Crippen molar-refractivity contribution in [3.8, 4) is 22.8 Å². The van der Waals surface area contributed by atoms with Gasteiger partial charge in [-0.1, -0.05) is 36.4 Å². The normalized spacial score (nSPS) is 10.3. The van der Waals surface area contributed by atoms with E-state index in [2.05, 4.69) is 27.2 Å². The van der Waals surface area contributed by atoms with Crippen LogP contribution in [0.4, 0.5) is 21.7 Å². The molecule has 0 radical (unpaired) electrons. The maximum atomic E-state index is 13.8. The van der Waals surface area contributed by atoms with Gasteiger partial charge >= 0.3 is 0 Å². The number of carbonyl (C=O) groups is 2. The van der Waals surface area contributed by atoms with E-state index in [0.717, 1.165) is 6.08 Å². The van der Waals surface area contributed by atoms with E-state index in [1.165, 1.54) is 24.4 Å². The minimum atomic E-state index is -0.445. The molecule has 1 aromatic heterocycles. The SMILES string of the molecule is C=CC(=O)Nc1cccc(Oc2nc(Nc3cccc(-c4cc(F)ccc4C=O)c3)ncc2Cl)c1. The molecule has 0 aliphatic carbocycles. The summed E-state index contributed by atoms with van der Waals surface area (Å²) in [5.41, 5.74) is 2.59. The second kappa shape index (κ2) is 10.6. The Bertz CT molecular complexity index is 1430. The van der Waals surface area contributed by atoms with Crippen LogP contribution in [0.1, 0.15) is 10.4 Å². The number of ether oxygens (including phenoxy) is 1. The number of aromatic nitrogens is 2. The van der Waals surface area contributed by atoms with Gasteiger partial charge in [0.1, 0.15) is 16.6 Å². The van der Waals surface area contributed by atoms with Crippen molar-refractivity contribution in [2.24, 2.45) is 0 Å². The lowest BCUT2D eigenvalue weighted by Gasteiger charge is -2.11. The predicted octanol–water partition coefficient (Wildman–Crippen LogP) is 6.41. The predicted molar refractivity (Wildman–Crippen MR) is 133 cm³/mol. The van der Waals surface area contributed by atoms with Gasteiger partial charge in [-0.05, 0) is 59.7 Å². The summed E-state index contributed by atoms with van der Waals surface area (Å²) in [5.74, 6) is -0.101. The number of hydrogen-bond acceptors (Lipinski definition) is 6. The van der Waals surface area contributed by atoms with Crippen molar-refractivity contribution in [3.05, 3.63) is 102 Å². The molecule has 174 valence electrons. The molecular formula is C26H18ClFN4O3. The number of nitrogens with zero attached hydrogens (tertiary/aromatic N) is 2.